The molecule has 2 aromatic carbocycles. The maximum atomic E-state index is 13.2. The molecular formula is C28H27N7O3S. The first-order chi connectivity index (χ1) is 19.1. The van der Waals surface area contributed by atoms with Gasteiger partial charge in [0.05, 0.1) is 24.6 Å². The third kappa shape index (κ3) is 4.57. The molecule has 2 aliphatic heterocycles. The van der Waals surface area contributed by atoms with Gasteiger partial charge in [-0.3, -0.25) is 4.79 Å². The van der Waals surface area contributed by atoms with E-state index in [1.807, 2.05) is 54.6 Å². The number of fused-ring (bicyclic) bond motifs is 1. The summed E-state index contributed by atoms with van der Waals surface area (Å²) in [5, 5.41) is 16.7. The minimum atomic E-state index is -0.976. The summed E-state index contributed by atoms with van der Waals surface area (Å²) in [5.41, 5.74) is 3.92. The zero-order valence-corrected chi connectivity index (χ0v) is 22.2. The summed E-state index contributed by atoms with van der Waals surface area (Å²) in [4.78, 5) is 25.3. The third-order valence-electron chi connectivity index (χ3n) is 7.31. The van der Waals surface area contributed by atoms with Crippen molar-refractivity contribution in [3.05, 3.63) is 70.7 Å². The summed E-state index contributed by atoms with van der Waals surface area (Å²) in [6, 6.07) is 17.5. The fraction of sp³-hybridized carbons (Fsp3) is 0.321. The van der Waals surface area contributed by atoms with Crippen molar-refractivity contribution in [1.82, 2.24) is 15.2 Å². The van der Waals surface area contributed by atoms with Gasteiger partial charge in [0.1, 0.15) is 10.0 Å². The van der Waals surface area contributed by atoms with E-state index in [9.17, 15) is 4.79 Å². The second-order valence-corrected chi connectivity index (χ2v) is 11.1. The highest BCUT2D eigenvalue weighted by Crippen LogP contribution is 2.52. The number of rotatable bonds is 6. The molecule has 0 bridgehead atoms. The van der Waals surface area contributed by atoms with Gasteiger partial charge in [-0.1, -0.05) is 60.6 Å². The third-order valence-corrected chi connectivity index (χ3v) is 8.73. The van der Waals surface area contributed by atoms with Crippen molar-refractivity contribution in [3.8, 4) is 11.6 Å². The van der Waals surface area contributed by atoms with Crippen molar-refractivity contribution in [1.29, 1.82) is 0 Å². The number of nitrogens with one attached hydrogen (secondary N) is 2. The van der Waals surface area contributed by atoms with E-state index in [1.165, 1.54) is 0 Å². The maximum absolute atomic E-state index is 13.2. The average molecular weight is 542 g/mol. The number of benzene rings is 2. The van der Waals surface area contributed by atoms with E-state index in [1.54, 1.807) is 11.3 Å². The Hall–Kier alpha value is -4.09. The first-order valence-electron chi connectivity index (χ1n) is 13.1. The number of carbonyl (C=O) groups is 1. The summed E-state index contributed by atoms with van der Waals surface area (Å²) in [6.45, 7) is 5.14. The second-order valence-electron chi connectivity index (χ2n) is 10.2. The van der Waals surface area contributed by atoms with Gasteiger partial charge < -0.3 is 24.7 Å². The molecule has 2 N–H and O–H groups in total. The molecule has 2 fully saturated rings. The molecule has 1 saturated heterocycles. The molecule has 7 rings (SSSR count). The minimum Gasteiger partial charge on any atom is -0.402 e. The highest BCUT2D eigenvalue weighted by molar-refractivity contribution is 7.16. The minimum absolute atomic E-state index is 0.104. The molecule has 2 aromatic heterocycles. The van der Waals surface area contributed by atoms with E-state index >= 15 is 0 Å². The van der Waals surface area contributed by atoms with Crippen molar-refractivity contribution >= 4 is 39.7 Å². The molecule has 198 valence electrons. The molecule has 3 aliphatic rings. The van der Waals surface area contributed by atoms with Gasteiger partial charge >= 0.3 is 6.01 Å². The lowest BCUT2D eigenvalue weighted by Gasteiger charge is -2.27. The molecule has 4 aromatic rings. The lowest BCUT2D eigenvalue weighted by molar-refractivity contribution is -0.116. The van der Waals surface area contributed by atoms with Crippen LogP contribution in [0.2, 0.25) is 0 Å². The molecule has 0 radical (unpaired) electrons. The van der Waals surface area contributed by atoms with Crippen molar-refractivity contribution in [2.45, 2.75) is 31.3 Å². The molecule has 1 saturated carbocycles. The monoisotopic (exact) mass is 541 g/mol. The van der Waals surface area contributed by atoms with Gasteiger partial charge in [-0.05, 0) is 18.9 Å². The Bertz CT molecular complexity index is 1550. The number of aliphatic imine (C=N–C) groups is 1. The van der Waals surface area contributed by atoms with Gasteiger partial charge in [0.15, 0.2) is 5.69 Å². The predicted octanol–water partition coefficient (Wildman–Crippen LogP) is 4.31. The van der Waals surface area contributed by atoms with Gasteiger partial charge in [0.25, 0.3) is 11.8 Å². The second kappa shape index (κ2) is 9.58. The van der Waals surface area contributed by atoms with E-state index < -0.39 is 6.17 Å². The maximum Gasteiger partial charge on any atom is 0.317 e. The zero-order valence-electron chi connectivity index (χ0n) is 21.4. The summed E-state index contributed by atoms with van der Waals surface area (Å²) in [6.07, 6.45) is 1.27. The normalized spacial score (nSPS) is 20.0. The van der Waals surface area contributed by atoms with E-state index in [0.717, 1.165) is 47.1 Å². The fourth-order valence-electron chi connectivity index (χ4n) is 4.77. The van der Waals surface area contributed by atoms with Crippen LogP contribution in [-0.2, 0) is 14.9 Å². The van der Waals surface area contributed by atoms with Crippen LogP contribution >= 0.6 is 11.3 Å². The number of carbonyl (C=O) groups excluding carboxylic acids is 1. The van der Waals surface area contributed by atoms with E-state index in [4.69, 9.17) is 19.1 Å². The van der Waals surface area contributed by atoms with Crippen molar-refractivity contribution in [3.63, 3.8) is 0 Å². The first-order valence-corrected chi connectivity index (χ1v) is 13.9. The zero-order chi connectivity index (χ0) is 26.4. The van der Waals surface area contributed by atoms with Crippen molar-refractivity contribution in [2.75, 3.05) is 41.8 Å². The highest BCUT2D eigenvalue weighted by atomic mass is 32.1. The van der Waals surface area contributed by atoms with Crippen LogP contribution in [0.15, 0.2) is 64.0 Å². The van der Waals surface area contributed by atoms with Crippen LogP contribution in [0.1, 0.15) is 35.9 Å². The summed E-state index contributed by atoms with van der Waals surface area (Å²) in [5.74, 6) is -0.00457. The number of anilines is 3. The molecular weight excluding hydrogens is 514 g/mol. The van der Waals surface area contributed by atoms with Crippen LogP contribution in [0.25, 0.3) is 11.6 Å². The predicted molar refractivity (Wildman–Crippen MR) is 150 cm³/mol. The SMILES string of the molecule is CC1(c2nc(-c3nnc(NC4N=C(c5ccccc5)c5ccccc5NC4=O)o3)c(N3CCOCC3)s2)CC1. The number of benzodiazepines with no additional fused rings is 1. The molecule has 10 nitrogen and oxygen atoms in total. The largest absolute Gasteiger partial charge is 0.402 e. The number of morpholine rings is 1. The van der Waals surface area contributed by atoms with Crippen LogP contribution in [0.3, 0.4) is 0 Å². The Labute approximate surface area is 229 Å². The topological polar surface area (TPSA) is 118 Å². The Morgan fingerprint density at radius 1 is 1.05 bits per heavy atom. The number of para-hydroxylation sites is 1. The Balaban J connectivity index is 1.21. The van der Waals surface area contributed by atoms with E-state index in [2.05, 4.69) is 32.7 Å². The summed E-state index contributed by atoms with van der Waals surface area (Å²) >= 11 is 1.69. The number of aromatic nitrogens is 3. The Kier molecular flexibility index (Phi) is 5.89. The number of nitrogens with zero attached hydrogens (tertiary/aromatic N) is 5. The lowest BCUT2D eigenvalue weighted by atomic mass is 10.0. The molecule has 4 heterocycles. The average Bonchev–Trinajstić information content (AvgIpc) is 3.37. The van der Waals surface area contributed by atoms with Crippen molar-refractivity contribution < 1.29 is 13.9 Å². The summed E-state index contributed by atoms with van der Waals surface area (Å²) < 4.78 is 11.6. The van der Waals surface area contributed by atoms with Gasteiger partial charge in [0.2, 0.25) is 6.17 Å². The Morgan fingerprint density at radius 3 is 2.62 bits per heavy atom. The Morgan fingerprint density at radius 2 is 1.82 bits per heavy atom. The quantitative estimate of drug-likeness (QED) is 0.371. The molecule has 1 unspecified atom stereocenters. The number of hydrogen-bond donors (Lipinski definition) is 2. The standard InChI is InChI=1S/C28H27N7O3S/c1-28(11-12-28)26-31-21(25(39-26)35-13-15-37-16-14-35)24-33-34-27(38-24)32-22-23(36)29-19-10-6-5-9-18(19)20(30-22)17-7-3-2-4-8-17/h2-10,22H,11-16H2,1H3,(H,29,36)(H,32,34). The highest BCUT2D eigenvalue weighted by Gasteiger charge is 2.43. The molecule has 1 aliphatic carbocycles. The molecule has 0 spiro atoms. The molecule has 11 heteroatoms. The van der Waals surface area contributed by atoms with Gasteiger partial charge in [-0.15, -0.1) is 16.4 Å². The van der Waals surface area contributed by atoms with Gasteiger partial charge in [-0.25, -0.2) is 9.98 Å². The number of ether oxygens (including phenoxy) is 1. The van der Waals surface area contributed by atoms with Crippen molar-refractivity contribution in [2.24, 2.45) is 4.99 Å². The van der Waals surface area contributed by atoms with Gasteiger partial charge in [-0.2, -0.15) is 0 Å². The first kappa shape index (κ1) is 24.0. The number of hydrogen-bond acceptors (Lipinski definition) is 10. The van der Waals surface area contributed by atoms with Gasteiger partial charge in [0, 0.05) is 29.6 Å². The van der Waals surface area contributed by atoms with E-state index in [0.29, 0.717) is 36.2 Å². The lowest BCUT2D eigenvalue weighted by Crippen LogP contribution is -2.36. The van der Waals surface area contributed by atoms with Crippen LogP contribution in [0.4, 0.5) is 16.7 Å². The van der Waals surface area contributed by atoms with E-state index in [-0.39, 0.29) is 17.3 Å². The number of amides is 1. The van der Waals surface area contributed by atoms with Crippen LogP contribution < -0.4 is 15.5 Å². The molecule has 1 atom stereocenters. The summed E-state index contributed by atoms with van der Waals surface area (Å²) in [7, 11) is 0. The smallest absolute Gasteiger partial charge is 0.317 e. The molecule has 1 amide bonds. The fourth-order valence-corrected chi connectivity index (χ4v) is 6.08. The van der Waals surface area contributed by atoms with Crippen LogP contribution in [0, 0.1) is 0 Å². The molecule has 39 heavy (non-hydrogen) atoms. The number of thiazole rings is 1. The van der Waals surface area contributed by atoms with Crippen LogP contribution in [0.5, 0.6) is 0 Å². The van der Waals surface area contributed by atoms with Crippen LogP contribution in [-0.4, -0.2) is 59.3 Å².